The molecule has 4 heteroatoms. The molecule has 2 rings (SSSR count). The van der Waals surface area contributed by atoms with Gasteiger partial charge in [0.05, 0.1) is 11.9 Å². The van der Waals surface area contributed by atoms with Crippen molar-refractivity contribution in [2.45, 2.75) is 20.3 Å². The molecule has 0 amide bonds. The lowest BCUT2D eigenvalue weighted by molar-refractivity contribution is 0.831. The summed E-state index contributed by atoms with van der Waals surface area (Å²) in [6.07, 6.45) is 4.32. The number of pyridine rings is 1. The Morgan fingerprint density at radius 3 is 2.64 bits per heavy atom. The number of hydrogen-bond donors (Lipinski definition) is 0. The maximum atomic E-state index is 4.31. The minimum Gasteiger partial charge on any atom is -0.259 e. The predicted octanol–water partition coefficient (Wildman–Crippen LogP) is 1.53. The molecule has 0 saturated heterocycles. The molecule has 0 aliphatic rings. The van der Waals surface area contributed by atoms with Crippen molar-refractivity contribution < 1.29 is 0 Å². The molecule has 0 spiro atoms. The summed E-state index contributed by atoms with van der Waals surface area (Å²) in [5.74, 6) is 0.871. The van der Waals surface area contributed by atoms with Gasteiger partial charge in [0.1, 0.15) is 12.2 Å². The lowest BCUT2D eigenvalue weighted by atomic mass is 10.3. The maximum absolute atomic E-state index is 4.31. The van der Waals surface area contributed by atoms with Gasteiger partial charge in [0.25, 0.3) is 0 Å². The summed E-state index contributed by atoms with van der Waals surface area (Å²) in [5.41, 5.74) is 2.05. The van der Waals surface area contributed by atoms with E-state index in [0.717, 1.165) is 23.6 Å². The standard InChI is InChI=1S/C10H12N4/c1-3-9-4-5-10(6-11-9)14-8(2)12-7-13-14/h4-7H,3H2,1-2H3. The van der Waals surface area contributed by atoms with Crippen LogP contribution in [0.3, 0.4) is 0 Å². The van der Waals surface area contributed by atoms with Gasteiger partial charge in [-0.3, -0.25) is 4.98 Å². The largest absolute Gasteiger partial charge is 0.259 e. The van der Waals surface area contributed by atoms with Crippen LogP contribution in [-0.4, -0.2) is 19.7 Å². The summed E-state index contributed by atoms with van der Waals surface area (Å²) in [5, 5.41) is 4.11. The van der Waals surface area contributed by atoms with E-state index in [0.29, 0.717) is 0 Å². The third-order valence-corrected chi connectivity index (χ3v) is 2.13. The van der Waals surface area contributed by atoms with Gasteiger partial charge in [-0.15, -0.1) is 0 Å². The smallest absolute Gasteiger partial charge is 0.138 e. The summed E-state index contributed by atoms with van der Waals surface area (Å²) < 4.78 is 1.77. The molecule has 2 heterocycles. The molecular weight excluding hydrogens is 176 g/mol. The van der Waals surface area contributed by atoms with Gasteiger partial charge in [0.2, 0.25) is 0 Å². The first-order valence-electron chi connectivity index (χ1n) is 4.63. The van der Waals surface area contributed by atoms with E-state index in [4.69, 9.17) is 0 Å². The van der Waals surface area contributed by atoms with Crippen LogP contribution in [0, 0.1) is 6.92 Å². The van der Waals surface area contributed by atoms with Crippen molar-refractivity contribution in [3.8, 4) is 5.69 Å². The average molecular weight is 188 g/mol. The third-order valence-electron chi connectivity index (χ3n) is 2.13. The number of aryl methyl sites for hydroxylation is 2. The highest BCUT2D eigenvalue weighted by atomic mass is 15.3. The maximum Gasteiger partial charge on any atom is 0.138 e. The summed E-state index contributed by atoms with van der Waals surface area (Å²) in [6.45, 7) is 4.00. The molecular formula is C10H12N4. The fourth-order valence-corrected chi connectivity index (χ4v) is 1.30. The number of aromatic nitrogens is 4. The zero-order valence-electron chi connectivity index (χ0n) is 8.31. The van der Waals surface area contributed by atoms with E-state index >= 15 is 0 Å². The Bertz CT molecular complexity index is 416. The Hall–Kier alpha value is -1.71. The predicted molar refractivity (Wildman–Crippen MR) is 53.3 cm³/mol. The SMILES string of the molecule is CCc1ccc(-n2ncnc2C)cn1. The fraction of sp³-hybridized carbons (Fsp3) is 0.300. The first-order chi connectivity index (χ1) is 6.81. The second-order valence-corrected chi connectivity index (χ2v) is 3.08. The van der Waals surface area contributed by atoms with Gasteiger partial charge in [-0.25, -0.2) is 9.67 Å². The van der Waals surface area contributed by atoms with Crippen LogP contribution < -0.4 is 0 Å². The van der Waals surface area contributed by atoms with Crippen molar-refractivity contribution in [1.29, 1.82) is 0 Å². The number of hydrogen-bond acceptors (Lipinski definition) is 3. The summed E-state index contributed by atoms with van der Waals surface area (Å²) in [6, 6.07) is 4.02. The monoisotopic (exact) mass is 188 g/mol. The first-order valence-corrected chi connectivity index (χ1v) is 4.63. The van der Waals surface area contributed by atoms with Crippen molar-refractivity contribution in [2.24, 2.45) is 0 Å². The molecule has 0 radical (unpaired) electrons. The van der Waals surface area contributed by atoms with Gasteiger partial charge < -0.3 is 0 Å². The Morgan fingerprint density at radius 2 is 2.14 bits per heavy atom. The van der Waals surface area contributed by atoms with E-state index in [1.54, 1.807) is 11.0 Å². The minimum atomic E-state index is 0.871. The van der Waals surface area contributed by atoms with Crippen LogP contribution in [0.5, 0.6) is 0 Å². The van der Waals surface area contributed by atoms with Crippen LogP contribution in [-0.2, 0) is 6.42 Å². The molecule has 2 aromatic rings. The molecule has 0 atom stereocenters. The Balaban J connectivity index is 2.39. The molecule has 0 unspecified atom stereocenters. The normalized spacial score (nSPS) is 10.4. The highest BCUT2D eigenvalue weighted by Gasteiger charge is 2.01. The fourth-order valence-electron chi connectivity index (χ4n) is 1.30. The van der Waals surface area contributed by atoms with Crippen LogP contribution in [0.2, 0.25) is 0 Å². The number of nitrogens with zero attached hydrogens (tertiary/aromatic N) is 4. The average Bonchev–Trinajstić information content (AvgIpc) is 2.65. The van der Waals surface area contributed by atoms with Gasteiger partial charge in [-0.2, -0.15) is 5.10 Å². The second-order valence-electron chi connectivity index (χ2n) is 3.08. The van der Waals surface area contributed by atoms with Crippen molar-refractivity contribution in [3.05, 3.63) is 36.2 Å². The summed E-state index contributed by atoms with van der Waals surface area (Å²) in [7, 11) is 0. The molecule has 0 aliphatic heterocycles. The van der Waals surface area contributed by atoms with E-state index in [9.17, 15) is 0 Å². The van der Waals surface area contributed by atoms with Gasteiger partial charge in [-0.05, 0) is 25.5 Å². The zero-order chi connectivity index (χ0) is 9.97. The molecule has 4 nitrogen and oxygen atoms in total. The molecule has 0 fully saturated rings. The van der Waals surface area contributed by atoms with Crippen molar-refractivity contribution in [2.75, 3.05) is 0 Å². The van der Waals surface area contributed by atoms with Crippen LogP contribution in [0.15, 0.2) is 24.7 Å². The van der Waals surface area contributed by atoms with Gasteiger partial charge in [0.15, 0.2) is 0 Å². The highest BCUT2D eigenvalue weighted by Crippen LogP contribution is 2.07. The van der Waals surface area contributed by atoms with E-state index in [-0.39, 0.29) is 0 Å². The van der Waals surface area contributed by atoms with Crippen LogP contribution in [0.1, 0.15) is 18.4 Å². The zero-order valence-corrected chi connectivity index (χ0v) is 8.31. The van der Waals surface area contributed by atoms with Crippen LogP contribution >= 0.6 is 0 Å². The minimum absolute atomic E-state index is 0.871. The molecule has 0 saturated carbocycles. The van der Waals surface area contributed by atoms with Gasteiger partial charge in [0, 0.05) is 5.69 Å². The van der Waals surface area contributed by atoms with E-state index in [1.807, 2.05) is 25.3 Å². The van der Waals surface area contributed by atoms with Crippen LogP contribution in [0.25, 0.3) is 5.69 Å². The molecule has 0 bridgehead atoms. The van der Waals surface area contributed by atoms with Gasteiger partial charge in [-0.1, -0.05) is 6.92 Å². The van der Waals surface area contributed by atoms with Crippen molar-refractivity contribution >= 4 is 0 Å². The molecule has 0 aliphatic carbocycles. The van der Waals surface area contributed by atoms with E-state index < -0.39 is 0 Å². The third kappa shape index (κ3) is 1.51. The molecule has 2 aromatic heterocycles. The molecule has 14 heavy (non-hydrogen) atoms. The van der Waals surface area contributed by atoms with E-state index in [1.165, 1.54) is 0 Å². The van der Waals surface area contributed by atoms with Crippen molar-refractivity contribution in [3.63, 3.8) is 0 Å². The molecule has 72 valence electrons. The summed E-state index contributed by atoms with van der Waals surface area (Å²) in [4.78, 5) is 8.37. The number of rotatable bonds is 2. The van der Waals surface area contributed by atoms with E-state index in [2.05, 4.69) is 22.0 Å². The summed E-state index contributed by atoms with van der Waals surface area (Å²) >= 11 is 0. The Labute approximate surface area is 82.6 Å². The second kappa shape index (κ2) is 3.57. The quantitative estimate of drug-likeness (QED) is 0.717. The Morgan fingerprint density at radius 1 is 1.29 bits per heavy atom. The Kier molecular flexibility index (Phi) is 2.26. The molecule has 0 N–H and O–H groups in total. The highest BCUT2D eigenvalue weighted by molar-refractivity contribution is 5.29. The van der Waals surface area contributed by atoms with Gasteiger partial charge >= 0.3 is 0 Å². The lowest BCUT2D eigenvalue weighted by Crippen LogP contribution is -2.00. The molecule has 0 aromatic carbocycles. The lowest BCUT2D eigenvalue weighted by Gasteiger charge is -2.02. The van der Waals surface area contributed by atoms with Crippen LogP contribution in [0.4, 0.5) is 0 Å². The topological polar surface area (TPSA) is 43.6 Å². The van der Waals surface area contributed by atoms with Crippen molar-refractivity contribution in [1.82, 2.24) is 19.7 Å². The first kappa shape index (κ1) is 8.87.